The first kappa shape index (κ1) is 24.4. The topological polar surface area (TPSA) is 53.5 Å². The van der Waals surface area contributed by atoms with Gasteiger partial charge < -0.3 is 4.57 Å². The zero-order valence-corrected chi connectivity index (χ0v) is 24.3. The minimum atomic E-state index is 0.856. The second-order valence-electron chi connectivity index (χ2n) is 11.7. The van der Waals surface area contributed by atoms with Crippen LogP contribution in [0.4, 0.5) is 0 Å². The Morgan fingerprint density at radius 3 is 2.00 bits per heavy atom. The number of nitrogens with zero attached hydrogens (tertiary/aromatic N) is 6. The third-order valence-corrected chi connectivity index (χ3v) is 9.26. The summed E-state index contributed by atoms with van der Waals surface area (Å²) in [6, 6.07) is 36.5. The summed E-state index contributed by atoms with van der Waals surface area (Å²) in [5.41, 5.74) is 9.99. The number of allylic oxidation sites excluding steroid dienone is 1. The molecule has 0 unspecified atom stereocenters. The smallest absolute Gasteiger partial charge is 0.142 e. The van der Waals surface area contributed by atoms with Crippen LogP contribution in [0.3, 0.4) is 0 Å². The highest BCUT2D eigenvalue weighted by Gasteiger charge is 2.22. The molecule has 9 aromatic rings. The Bertz CT molecular complexity index is 2430. The first-order chi connectivity index (χ1) is 22.3. The van der Waals surface area contributed by atoms with E-state index in [-0.39, 0.29) is 0 Å². The van der Waals surface area contributed by atoms with Crippen LogP contribution in [0.25, 0.3) is 78.0 Å². The molecule has 1 aliphatic carbocycles. The van der Waals surface area contributed by atoms with Gasteiger partial charge in [-0.3, -0.25) is 19.1 Å². The maximum Gasteiger partial charge on any atom is 0.142 e. The van der Waals surface area contributed by atoms with Gasteiger partial charge in [0.05, 0.1) is 50.7 Å². The minimum Gasteiger partial charge on any atom is -0.306 e. The maximum atomic E-state index is 5.49. The summed E-state index contributed by atoms with van der Waals surface area (Å²) in [4.78, 5) is 14.8. The molecule has 0 saturated carbocycles. The summed E-state index contributed by atoms with van der Waals surface area (Å²) in [7, 11) is 0. The third-order valence-electron chi connectivity index (χ3n) is 9.26. The fraction of sp³-hybridized carbons (Fsp3) is 0.0513. The van der Waals surface area contributed by atoms with Gasteiger partial charge in [0.25, 0.3) is 0 Å². The lowest BCUT2D eigenvalue weighted by molar-refractivity contribution is 0.936. The molecule has 10 rings (SSSR count). The number of hydrogen-bond acceptors (Lipinski definition) is 3. The number of aromatic nitrogens is 6. The van der Waals surface area contributed by atoms with Crippen LogP contribution < -0.4 is 0 Å². The minimum absolute atomic E-state index is 0.856. The molecule has 45 heavy (non-hydrogen) atoms. The highest BCUT2D eigenvalue weighted by Crippen LogP contribution is 2.37. The molecule has 0 radical (unpaired) electrons. The molecule has 6 aromatic heterocycles. The summed E-state index contributed by atoms with van der Waals surface area (Å²) in [6.45, 7) is 0. The van der Waals surface area contributed by atoms with Gasteiger partial charge in [-0.1, -0.05) is 60.7 Å². The van der Waals surface area contributed by atoms with Crippen molar-refractivity contribution in [3.8, 4) is 17.3 Å². The second-order valence-corrected chi connectivity index (χ2v) is 11.7. The summed E-state index contributed by atoms with van der Waals surface area (Å²) in [5.74, 6) is 1.73. The van der Waals surface area contributed by atoms with Gasteiger partial charge in [-0.25, -0.2) is 4.98 Å². The molecular weight excluding hydrogens is 552 g/mol. The van der Waals surface area contributed by atoms with Gasteiger partial charge >= 0.3 is 0 Å². The monoisotopic (exact) mass is 578 g/mol. The van der Waals surface area contributed by atoms with Crippen molar-refractivity contribution in [1.82, 2.24) is 28.7 Å². The van der Waals surface area contributed by atoms with Crippen molar-refractivity contribution in [3.63, 3.8) is 0 Å². The molecule has 3 aromatic carbocycles. The van der Waals surface area contributed by atoms with Gasteiger partial charge in [0.2, 0.25) is 0 Å². The van der Waals surface area contributed by atoms with Crippen molar-refractivity contribution >= 4 is 60.7 Å². The Hall–Kier alpha value is -6.01. The van der Waals surface area contributed by atoms with Gasteiger partial charge in [0.1, 0.15) is 11.6 Å². The number of fused-ring (bicyclic) bond motifs is 9. The van der Waals surface area contributed by atoms with Crippen molar-refractivity contribution in [2.45, 2.75) is 12.8 Å². The Morgan fingerprint density at radius 1 is 0.556 bits per heavy atom. The lowest BCUT2D eigenvalue weighted by Crippen LogP contribution is -2.08. The van der Waals surface area contributed by atoms with Crippen LogP contribution in [-0.2, 0) is 6.42 Å². The fourth-order valence-electron chi connectivity index (χ4n) is 7.41. The Morgan fingerprint density at radius 2 is 1.22 bits per heavy atom. The van der Waals surface area contributed by atoms with E-state index in [2.05, 4.69) is 128 Å². The van der Waals surface area contributed by atoms with E-state index in [9.17, 15) is 0 Å². The lowest BCUT2D eigenvalue weighted by Gasteiger charge is -2.17. The molecule has 0 saturated heterocycles. The van der Waals surface area contributed by atoms with E-state index >= 15 is 0 Å². The van der Waals surface area contributed by atoms with Crippen molar-refractivity contribution in [2.75, 3.05) is 0 Å². The average molecular weight is 579 g/mol. The summed E-state index contributed by atoms with van der Waals surface area (Å²) in [5, 5.41) is 4.77. The number of pyridine rings is 3. The third kappa shape index (κ3) is 3.42. The number of rotatable bonds is 3. The maximum absolute atomic E-state index is 5.49. The van der Waals surface area contributed by atoms with Gasteiger partial charge in [0, 0.05) is 46.1 Å². The van der Waals surface area contributed by atoms with Crippen LogP contribution in [0.1, 0.15) is 17.7 Å². The summed E-state index contributed by atoms with van der Waals surface area (Å²) in [6.07, 6.45) is 12.2. The van der Waals surface area contributed by atoms with Crippen molar-refractivity contribution in [3.05, 3.63) is 139 Å². The normalized spacial score (nSPS) is 13.1. The predicted molar refractivity (Wildman–Crippen MR) is 183 cm³/mol. The van der Waals surface area contributed by atoms with Gasteiger partial charge in [0.15, 0.2) is 0 Å². The Balaban J connectivity index is 1.37. The molecule has 0 fully saturated rings. The van der Waals surface area contributed by atoms with Crippen LogP contribution >= 0.6 is 0 Å². The van der Waals surface area contributed by atoms with E-state index in [0.717, 1.165) is 68.7 Å². The van der Waals surface area contributed by atoms with E-state index in [0.29, 0.717) is 0 Å². The zero-order chi connectivity index (χ0) is 29.5. The number of aryl methyl sites for hydroxylation is 1. The molecule has 0 N–H and O–H groups in total. The van der Waals surface area contributed by atoms with Crippen LogP contribution in [-0.4, -0.2) is 28.7 Å². The molecule has 0 bridgehead atoms. The molecule has 6 heteroatoms. The largest absolute Gasteiger partial charge is 0.306 e. The highest BCUT2D eigenvalue weighted by atomic mass is 15.2. The van der Waals surface area contributed by atoms with E-state index in [1.54, 1.807) is 0 Å². The molecule has 6 nitrogen and oxygen atoms in total. The van der Waals surface area contributed by atoms with Crippen LogP contribution in [0.5, 0.6) is 0 Å². The van der Waals surface area contributed by atoms with Crippen LogP contribution in [0.2, 0.25) is 0 Å². The molecule has 0 aliphatic heterocycles. The highest BCUT2D eigenvalue weighted by molar-refractivity contribution is 6.09. The quantitative estimate of drug-likeness (QED) is 0.210. The number of benzene rings is 3. The number of hydrogen-bond donors (Lipinski definition) is 0. The van der Waals surface area contributed by atoms with Crippen molar-refractivity contribution in [1.29, 1.82) is 0 Å². The SMILES string of the molecule is C1=Cc2c(c3ccccc3n2-c2cc(-n3c4cnccc4c4ncccc43)cc(-n3c4ccccc4c4ccccc43)n2)CC1. The molecule has 212 valence electrons. The molecule has 0 spiro atoms. The van der Waals surface area contributed by atoms with Gasteiger partial charge in [-0.15, -0.1) is 0 Å². The molecule has 0 amide bonds. The van der Waals surface area contributed by atoms with Crippen molar-refractivity contribution in [2.24, 2.45) is 0 Å². The Kier molecular flexibility index (Phi) is 5.02. The summed E-state index contributed by atoms with van der Waals surface area (Å²) >= 11 is 0. The van der Waals surface area contributed by atoms with Crippen LogP contribution in [0, 0.1) is 0 Å². The molecule has 0 atom stereocenters. The standard InChI is InChI=1S/C39H26N6/c1-5-14-31-26(10-1)27-11-2-6-15-32(27)44(31)37-22-25(43-35-18-9-20-41-39(35)30-19-21-40-24-36(30)43)23-38(42-37)45-33-16-7-3-12-28(33)29-13-4-8-17-34(29)45/h1-3,5-12,14-24H,4,13H2. The molecule has 1 aliphatic rings. The van der Waals surface area contributed by atoms with Crippen LogP contribution in [0.15, 0.2) is 128 Å². The zero-order valence-electron chi connectivity index (χ0n) is 24.3. The van der Waals surface area contributed by atoms with Gasteiger partial charge in [-0.2, -0.15) is 0 Å². The van der Waals surface area contributed by atoms with E-state index in [4.69, 9.17) is 9.97 Å². The van der Waals surface area contributed by atoms with Crippen molar-refractivity contribution < 1.29 is 0 Å². The summed E-state index contributed by atoms with van der Waals surface area (Å²) < 4.78 is 6.92. The van der Waals surface area contributed by atoms with E-state index in [1.165, 1.54) is 27.4 Å². The molecule has 6 heterocycles. The van der Waals surface area contributed by atoms with E-state index in [1.807, 2.05) is 24.7 Å². The Labute approximate surface area is 258 Å². The predicted octanol–water partition coefficient (Wildman–Crippen LogP) is 8.97. The molecular formula is C39H26N6. The fourth-order valence-corrected chi connectivity index (χ4v) is 7.41. The second kappa shape index (κ2) is 9.24. The van der Waals surface area contributed by atoms with E-state index < -0.39 is 0 Å². The first-order valence-corrected chi connectivity index (χ1v) is 15.3. The average Bonchev–Trinajstić information content (AvgIpc) is 3.74. The van der Waals surface area contributed by atoms with Gasteiger partial charge in [-0.05, 0) is 60.9 Å². The first-order valence-electron chi connectivity index (χ1n) is 15.3. The lowest BCUT2D eigenvalue weighted by atomic mass is 10.0. The number of para-hydroxylation sites is 3.